The molecule has 0 aliphatic rings. The predicted molar refractivity (Wildman–Crippen MR) is 96.4 cm³/mol. The molecule has 0 saturated carbocycles. The highest BCUT2D eigenvalue weighted by Gasteiger charge is 2.09. The molecule has 0 amide bonds. The van der Waals surface area contributed by atoms with Gasteiger partial charge in [0.15, 0.2) is 5.82 Å². The Labute approximate surface area is 140 Å². The summed E-state index contributed by atoms with van der Waals surface area (Å²) in [6.07, 6.45) is 2.83. The Morgan fingerprint density at radius 2 is 1.91 bits per heavy atom. The summed E-state index contributed by atoms with van der Waals surface area (Å²) in [5, 5.41) is 11.6. The van der Waals surface area contributed by atoms with Crippen molar-refractivity contribution in [1.82, 2.24) is 14.9 Å². The van der Waals surface area contributed by atoms with Gasteiger partial charge >= 0.3 is 0 Å². The van der Waals surface area contributed by atoms with Crippen LogP contribution in [0.3, 0.4) is 0 Å². The van der Waals surface area contributed by atoms with Gasteiger partial charge < -0.3 is 0 Å². The third-order valence-electron chi connectivity index (χ3n) is 3.75. The van der Waals surface area contributed by atoms with E-state index in [9.17, 15) is 0 Å². The second-order valence-electron chi connectivity index (χ2n) is 5.32. The fraction of sp³-hybridized carbons (Fsp3) is 0.167. The number of benzene rings is 2. The average Bonchev–Trinajstić information content (AvgIpc) is 2.94. The van der Waals surface area contributed by atoms with E-state index in [1.165, 1.54) is 5.56 Å². The summed E-state index contributed by atoms with van der Waals surface area (Å²) >= 11 is 5.30. The van der Waals surface area contributed by atoms with Crippen LogP contribution in [-0.4, -0.2) is 21.1 Å². The van der Waals surface area contributed by atoms with E-state index in [0.717, 1.165) is 28.9 Å². The van der Waals surface area contributed by atoms with E-state index in [2.05, 4.69) is 46.5 Å². The standard InChI is InChI=1S/C18H18N4S/c1-3-14-8-10-15(11-9-14)12-19-22-17(20-21-18(22)23)16-7-5-4-6-13(16)2/h4-12H,3H2,1-2H3,(H,21,23). The van der Waals surface area contributed by atoms with Gasteiger partial charge in [0.05, 0.1) is 6.21 Å². The monoisotopic (exact) mass is 322 g/mol. The molecule has 0 fully saturated rings. The number of rotatable bonds is 4. The molecule has 3 rings (SSSR count). The summed E-state index contributed by atoms with van der Waals surface area (Å²) in [7, 11) is 0. The van der Waals surface area contributed by atoms with Gasteiger partial charge in [0, 0.05) is 5.56 Å². The number of hydrogen-bond donors (Lipinski definition) is 1. The molecule has 0 unspecified atom stereocenters. The smallest absolute Gasteiger partial charge is 0.216 e. The van der Waals surface area contributed by atoms with E-state index in [4.69, 9.17) is 12.2 Å². The van der Waals surface area contributed by atoms with Crippen LogP contribution in [-0.2, 0) is 6.42 Å². The van der Waals surface area contributed by atoms with Crippen molar-refractivity contribution in [3.8, 4) is 11.4 Å². The molecular formula is C18H18N4S. The summed E-state index contributed by atoms with van der Waals surface area (Å²) in [4.78, 5) is 0. The topological polar surface area (TPSA) is 46.0 Å². The fourth-order valence-electron chi connectivity index (χ4n) is 2.36. The number of nitrogens with zero attached hydrogens (tertiary/aromatic N) is 3. The molecule has 1 heterocycles. The van der Waals surface area contributed by atoms with Gasteiger partial charge in [-0.05, 0) is 42.3 Å². The van der Waals surface area contributed by atoms with Crippen LogP contribution in [0.15, 0.2) is 53.6 Å². The first-order valence-corrected chi connectivity index (χ1v) is 7.96. The van der Waals surface area contributed by atoms with E-state index in [1.54, 1.807) is 10.9 Å². The zero-order chi connectivity index (χ0) is 16.2. The summed E-state index contributed by atoms with van der Waals surface area (Å²) < 4.78 is 2.13. The number of aromatic nitrogens is 3. The summed E-state index contributed by atoms with van der Waals surface area (Å²) in [6, 6.07) is 16.4. The summed E-state index contributed by atoms with van der Waals surface area (Å²) in [5.41, 5.74) is 4.48. The zero-order valence-corrected chi connectivity index (χ0v) is 14.0. The van der Waals surface area contributed by atoms with Gasteiger partial charge in [-0.15, -0.1) is 0 Å². The normalized spacial score (nSPS) is 11.2. The molecule has 1 N–H and O–H groups in total. The van der Waals surface area contributed by atoms with E-state index in [0.29, 0.717) is 4.77 Å². The van der Waals surface area contributed by atoms with Crippen LogP contribution in [0, 0.1) is 11.7 Å². The van der Waals surface area contributed by atoms with Gasteiger partial charge in [0.25, 0.3) is 0 Å². The number of hydrogen-bond acceptors (Lipinski definition) is 3. The molecule has 3 aromatic rings. The number of aromatic amines is 1. The largest absolute Gasteiger partial charge is 0.250 e. The van der Waals surface area contributed by atoms with Crippen LogP contribution in [0.5, 0.6) is 0 Å². The molecule has 0 atom stereocenters. The quantitative estimate of drug-likeness (QED) is 0.573. The first-order chi connectivity index (χ1) is 11.2. The highest BCUT2D eigenvalue weighted by atomic mass is 32.1. The second kappa shape index (κ2) is 6.71. The van der Waals surface area contributed by atoms with Crippen LogP contribution >= 0.6 is 12.2 Å². The lowest BCUT2D eigenvalue weighted by atomic mass is 10.1. The molecule has 2 aromatic carbocycles. The van der Waals surface area contributed by atoms with Gasteiger partial charge in [0.2, 0.25) is 4.77 Å². The minimum atomic E-state index is 0.477. The average molecular weight is 322 g/mol. The lowest BCUT2D eigenvalue weighted by molar-refractivity contribution is 0.870. The molecular weight excluding hydrogens is 304 g/mol. The highest BCUT2D eigenvalue weighted by Crippen LogP contribution is 2.21. The number of nitrogens with one attached hydrogen (secondary N) is 1. The van der Waals surface area contributed by atoms with Crippen LogP contribution in [0.4, 0.5) is 0 Å². The van der Waals surface area contributed by atoms with Crippen molar-refractivity contribution in [2.75, 3.05) is 0 Å². The van der Waals surface area contributed by atoms with Gasteiger partial charge in [0.1, 0.15) is 0 Å². The summed E-state index contributed by atoms with van der Waals surface area (Å²) in [6.45, 7) is 4.19. The van der Waals surface area contributed by atoms with Crippen molar-refractivity contribution in [3.63, 3.8) is 0 Å². The van der Waals surface area contributed by atoms with Gasteiger partial charge in [-0.2, -0.15) is 14.9 Å². The minimum Gasteiger partial charge on any atom is -0.250 e. The van der Waals surface area contributed by atoms with Crippen LogP contribution in [0.1, 0.15) is 23.6 Å². The van der Waals surface area contributed by atoms with Gasteiger partial charge in [-0.1, -0.05) is 55.5 Å². The van der Waals surface area contributed by atoms with Gasteiger partial charge in [-0.25, -0.2) is 5.10 Å². The highest BCUT2D eigenvalue weighted by molar-refractivity contribution is 7.71. The van der Waals surface area contributed by atoms with Crippen molar-refractivity contribution in [2.45, 2.75) is 20.3 Å². The second-order valence-corrected chi connectivity index (χ2v) is 5.71. The van der Waals surface area contributed by atoms with Gasteiger partial charge in [-0.3, -0.25) is 0 Å². The van der Waals surface area contributed by atoms with Crippen molar-refractivity contribution in [3.05, 3.63) is 70.0 Å². The Morgan fingerprint density at radius 3 is 2.61 bits per heavy atom. The van der Waals surface area contributed by atoms with Crippen LogP contribution < -0.4 is 0 Å². The first kappa shape index (κ1) is 15.4. The zero-order valence-electron chi connectivity index (χ0n) is 13.2. The Bertz CT molecular complexity index is 888. The van der Waals surface area contributed by atoms with Crippen molar-refractivity contribution >= 4 is 18.4 Å². The van der Waals surface area contributed by atoms with Crippen LogP contribution in [0.25, 0.3) is 11.4 Å². The first-order valence-electron chi connectivity index (χ1n) is 7.55. The molecule has 0 saturated heterocycles. The molecule has 0 spiro atoms. The maximum Gasteiger partial charge on any atom is 0.216 e. The van der Waals surface area contributed by atoms with E-state index >= 15 is 0 Å². The Kier molecular flexibility index (Phi) is 4.48. The Balaban J connectivity index is 1.97. The third kappa shape index (κ3) is 3.29. The van der Waals surface area contributed by atoms with E-state index < -0.39 is 0 Å². The SMILES string of the molecule is CCc1ccc(C=Nn2c(-c3ccccc3C)n[nH]c2=S)cc1. The van der Waals surface area contributed by atoms with Crippen molar-refractivity contribution < 1.29 is 0 Å². The maximum absolute atomic E-state index is 5.30. The fourth-order valence-corrected chi connectivity index (χ4v) is 2.54. The van der Waals surface area contributed by atoms with E-state index in [-0.39, 0.29) is 0 Å². The molecule has 0 radical (unpaired) electrons. The lowest BCUT2D eigenvalue weighted by Crippen LogP contribution is -1.96. The van der Waals surface area contributed by atoms with Crippen molar-refractivity contribution in [1.29, 1.82) is 0 Å². The molecule has 0 aliphatic heterocycles. The van der Waals surface area contributed by atoms with E-state index in [1.807, 2.05) is 31.2 Å². The van der Waals surface area contributed by atoms with Crippen LogP contribution in [0.2, 0.25) is 0 Å². The Hall–Kier alpha value is -2.53. The third-order valence-corrected chi connectivity index (χ3v) is 4.01. The molecule has 116 valence electrons. The molecule has 1 aromatic heterocycles. The number of aryl methyl sites for hydroxylation is 2. The molecule has 0 bridgehead atoms. The summed E-state index contributed by atoms with van der Waals surface area (Å²) in [5.74, 6) is 0.717. The number of H-pyrrole nitrogens is 1. The molecule has 0 aliphatic carbocycles. The Morgan fingerprint density at radius 1 is 1.17 bits per heavy atom. The molecule has 5 heteroatoms. The molecule has 23 heavy (non-hydrogen) atoms. The minimum absolute atomic E-state index is 0.477. The predicted octanol–water partition coefficient (Wildman–Crippen LogP) is 4.36. The molecule has 4 nitrogen and oxygen atoms in total. The lowest BCUT2D eigenvalue weighted by Gasteiger charge is -2.04. The maximum atomic E-state index is 5.30. The van der Waals surface area contributed by atoms with Crippen molar-refractivity contribution in [2.24, 2.45) is 5.10 Å².